The SMILES string of the molecule is CC(Cc1cccc(C(F)(F)F)c1)N=Cc1ccccc1. The molecule has 0 heterocycles. The van der Waals surface area contributed by atoms with Crippen molar-refractivity contribution in [2.45, 2.75) is 25.6 Å². The molecular formula is C17H16F3N. The van der Waals surface area contributed by atoms with E-state index in [4.69, 9.17) is 0 Å². The van der Waals surface area contributed by atoms with Crippen LogP contribution in [0.15, 0.2) is 59.6 Å². The van der Waals surface area contributed by atoms with Crippen molar-refractivity contribution in [2.24, 2.45) is 4.99 Å². The Balaban J connectivity index is 2.03. The summed E-state index contributed by atoms with van der Waals surface area (Å²) < 4.78 is 37.9. The Morgan fingerprint density at radius 3 is 2.43 bits per heavy atom. The Morgan fingerprint density at radius 2 is 1.76 bits per heavy atom. The fourth-order valence-electron chi connectivity index (χ4n) is 2.02. The third-order valence-corrected chi connectivity index (χ3v) is 3.06. The number of hydrogen-bond acceptors (Lipinski definition) is 1. The van der Waals surface area contributed by atoms with E-state index in [1.165, 1.54) is 12.1 Å². The molecular weight excluding hydrogens is 275 g/mol. The first kappa shape index (κ1) is 15.3. The van der Waals surface area contributed by atoms with E-state index >= 15 is 0 Å². The summed E-state index contributed by atoms with van der Waals surface area (Å²) in [4.78, 5) is 4.38. The van der Waals surface area contributed by atoms with Crippen LogP contribution in [0.5, 0.6) is 0 Å². The van der Waals surface area contributed by atoms with Crippen LogP contribution in [0.1, 0.15) is 23.6 Å². The predicted octanol–water partition coefficient (Wildman–Crippen LogP) is 4.76. The first-order chi connectivity index (χ1) is 9.95. The first-order valence-electron chi connectivity index (χ1n) is 6.69. The fraction of sp³-hybridized carbons (Fsp3) is 0.235. The second-order valence-corrected chi connectivity index (χ2v) is 4.94. The summed E-state index contributed by atoms with van der Waals surface area (Å²) in [5, 5.41) is 0. The quantitative estimate of drug-likeness (QED) is 0.720. The highest BCUT2D eigenvalue weighted by Gasteiger charge is 2.30. The molecule has 0 saturated carbocycles. The van der Waals surface area contributed by atoms with Crippen LogP contribution < -0.4 is 0 Å². The van der Waals surface area contributed by atoms with Crippen molar-refractivity contribution in [1.29, 1.82) is 0 Å². The van der Waals surface area contributed by atoms with Gasteiger partial charge in [0.05, 0.1) is 11.6 Å². The van der Waals surface area contributed by atoms with Gasteiger partial charge in [-0.25, -0.2) is 0 Å². The molecule has 2 rings (SSSR count). The maximum Gasteiger partial charge on any atom is 0.416 e. The zero-order valence-corrected chi connectivity index (χ0v) is 11.6. The van der Waals surface area contributed by atoms with Gasteiger partial charge in [-0.3, -0.25) is 4.99 Å². The van der Waals surface area contributed by atoms with Gasteiger partial charge in [0, 0.05) is 6.21 Å². The largest absolute Gasteiger partial charge is 0.416 e. The first-order valence-corrected chi connectivity index (χ1v) is 6.69. The highest BCUT2D eigenvalue weighted by molar-refractivity contribution is 5.79. The second kappa shape index (κ2) is 6.57. The lowest BCUT2D eigenvalue weighted by Gasteiger charge is -2.10. The van der Waals surface area contributed by atoms with E-state index in [0.29, 0.717) is 12.0 Å². The number of alkyl halides is 3. The van der Waals surface area contributed by atoms with E-state index in [9.17, 15) is 13.2 Å². The lowest BCUT2D eigenvalue weighted by atomic mass is 10.0. The molecule has 0 amide bonds. The van der Waals surface area contributed by atoms with Crippen LogP contribution in [0.25, 0.3) is 0 Å². The molecule has 0 aliphatic carbocycles. The maximum atomic E-state index is 12.6. The Labute approximate surface area is 122 Å². The Kier molecular flexibility index (Phi) is 4.78. The van der Waals surface area contributed by atoms with Crippen LogP contribution in [-0.2, 0) is 12.6 Å². The summed E-state index contributed by atoms with van der Waals surface area (Å²) in [5.74, 6) is 0. The molecule has 0 aromatic heterocycles. The van der Waals surface area contributed by atoms with Gasteiger partial charge >= 0.3 is 6.18 Å². The monoisotopic (exact) mass is 291 g/mol. The summed E-state index contributed by atoms with van der Waals surface area (Å²) in [6.45, 7) is 1.89. The van der Waals surface area contributed by atoms with E-state index in [0.717, 1.165) is 11.6 Å². The standard InChI is InChI=1S/C17H16F3N/c1-13(21-12-14-6-3-2-4-7-14)10-15-8-5-9-16(11-15)17(18,19)20/h2-9,11-13H,10H2,1H3. The van der Waals surface area contributed by atoms with E-state index in [2.05, 4.69) is 4.99 Å². The van der Waals surface area contributed by atoms with Crippen LogP contribution in [-0.4, -0.2) is 12.3 Å². The molecule has 0 saturated heterocycles. The normalized spacial score (nSPS) is 13.5. The third kappa shape index (κ3) is 4.74. The molecule has 0 fully saturated rings. The van der Waals surface area contributed by atoms with Crippen LogP contribution in [0.2, 0.25) is 0 Å². The topological polar surface area (TPSA) is 12.4 Å². The third-order valence-electron chi connectivity index (χ3n) is 3.06. The number of benzene rings is 2. The molecule has 0 bridgehead atoms. The number of halogens is 3. The van der Waals surface area contributed by atoms with Gasteiger partial charge in [0.2, 0.25) is 0 Å². The average molecular weight is 291 g/mol. The van der Waals surface area contributed by atoms with Gasteiger partial charge in [-0.05, 0) is 30.5 Å². The lowest BCUT2D eigenvalue weighted by molar-refractivity contribution is -0.137. The summed E-state index contributed by atoms with van der Waals surface area (Å²) in [5.41, 5.74) is 1.01. The number of hydrogen-bond donors (Lipinski definition) is 0. The van der Waals surface area contributed by atoms with Gasteiger partial charge in [-0.1, -0.05) is 48.5 Å². The minimum Gasteiger partial charge on any atom is -0.289 e. The Morgan fingerprint density at radius 1 is 1.05 bits per heavy atom. The molecule has 0 aliphatic heterocycles. The van der Waals surface area contributed by atoms with Crippen molar-refractivity contribution in [2.75, 3.05) is 0 Å². The van der Waals surface area contributed by atoms with E-state index in [1.807, 2.05) is 37.3 Å². The average Bonchev–Trinajstić information content (AvgIpc) is 2.46. The van der Waals surface area contributed by atoms with Crippen LogP contribution in [0.3, 0.4) is 0 Å². The van der Waals surface area contributed by atoms with Gasteiger partial charge in [0.15, 0.2) is 0 Å². The van der Waals surface area contributed by atoms with Gasteiger partial charge in [-0.2, -0.15) is 13.2 Å². The molecule has 0 spiro atoms. The van der Waals surface area contributed by atoms with E-state index in [-0.39, 0.29) is 6.04 Å². The predicted molar refractivity (Wildman–Crippen MR) is 78.6 cm³/mol. The molecule has 1 atom stereocenters. The number of aliphatic imine (C=N–C) groups is 1. The van der Waals surface area contributed by atoms with Crippen LogP contribution in [0, 0.1) is 0 Å². The Bertz CT molecular complexity index is 603. The zero-order chi connectivity index (χ0) is 15.3. The van der Waals surface area contributed by atoms with E-state index < -0.39 is 11.7 Å². The maximum absolute atomic E-state index is 12.6. The second-order valence-electron chi connectivity index (χ2n) is 4.94. The van der Waals surface area contributed by atoms with Crippen molar-refractivity contribution in [3.63, 3.8) is 0 Å². The van der Waals surface area contributed by atoms with Gasteiger partial charge in [0.25, 0.3) is 0 Å². The number of rotatable bonds is 4. The van der Waals surface area contributed by atoms with Gasteiger partial charge in [0.1, 0.15) is 0 Å². The molecule has 1 unspecified atom stereocenters. The van der Waals surface area contributed by atoms with Crippen molar-refractivity contribution in [3.8, 4) is 0 Å². The van der Waals surface area contributed by atoms with Crippen molar-refractivity contribution >= 4 is 6.21 Å². The van der Waals surface area contributed by atoms with Crippen LogP contribution in [0.4, 0.5) is 13.2 Å². The van der Waals surface area contributed by atoms with Crippen molar-refractivity contribution < 1.29 is 13.2 Å². The molecule has 0 N–H and O–H groups in total. The smallest absolute Gasteiger partial charge is 0.289 e. The molecule has 0 radical (unpaired) electrons. The molecule has 1 nitrogen and oxygen atoms in total. The highest BCUT2D eigenvalue weighted by atomic mass is 19.4. The minimum atomic E-state index is -4.30. The molecule has 110 valence electrons. The molecule has 0 aliphatic rings. The summed E-state index contributed by atoms with van der Waals surface area (Å²) in [6, 6.07) is 14.9. The number of nitrogens with zero attached hydrogens (tertiary/aromatic N) is 1. The van der Waals surface area contributed by atoms with Crippen LogP contribution >= 0.6 is 0 Å². The molecule has 21 heavy (non-hydrogen) atoms. The van der Waals surface area contributed by atoms with Crippen molar-refractivity contribution in [3.05, 3.63) is 71.3 Å². The highest BCUT2D eigenvalue weighted by Crippen LogP contribution is 2.29. The fourth-order valence-corrected chi connectivity index (χ4v) is 2.02. The lowest BCUT2D eigenvalue weighted by Crippen LogP contribution is -2.08. The molecule has 4 heteroatoms. The van der Waals surface area contributed by atoms with E-state index in [1.54, 1.807) is 12.3 Å². The van der Waals surface area contributed by atoms with Crippen molar-refractivity contribution in [1.82, 2.24) is 0 Å². The van der Waals surface area contributed by atoms with Gasteiger partial charge < -0.3 is 0 Å². The summed E-state index contributed by atoms with van der Waals surface area (Å²) in [6.07, 6.45) is -2.07. The van der Waals surface area contributed by atoms with Gasteiger partial charge in [-0.15, -0.1) is 0 Å². The summed E-state index contributed by atoms with van der Waals surface area (Å²) >= 11 is 0. The minimum absolute atomic E-state index is 0.0753. The molecule has 2 aromatic rings. The zero-order valence-electron chi connectivity index (χ0n) is 11.6. The molecule has 2 aromatic carbocycles. The summed E-state index contributed by atoms with van der Waals surface area (Å²) in [7, 11) is 0. The Hall–Kier alpha value is -2.10.